The van der Waals surface area contributed by atoms with Crippen molar-refractivity contribution < 1.29 is 4.74 Å². The van der Waals surface area contributed by atoms with Gasteiger partial charge in [-0.15, -0.1) is 11.8 Å². The molecule has 1 atom stereocenters. The van der Waals surface area contributed by atoms with Crippen LogP contribution in [0.3, 0.4) is 0 Å². The normalized spacial score (nSPS) is 23.4. The summed E-state index contributed by atoms with van der Waals surface area (Å²) in [6.07, 6.45) is 5.43. The van der Waals surface area contributed by atoms with Gasteiger partial charge in [0.2, 0.25) is 0 Å². The zero-order valence-electron chi connectivity index (χ0n) is 11.9. The molecule has 3 rings (SSSR count). The molecule has 0 radical (unpaired) electrons. The van der Waals surface area contributed by atoms with Gasteiger partial charge in [-0.25, -0.2) is 0 Å². The van der Waals surface area contributed by atoms with Crippen LogP contribution in [0.1, 0.15) is 12.0 Å². The number of nitrogens with zero attached hydrogens (tertiary/aromatic N) is 1. The minimum Gasteiger partial charge on any atom is -0.501 e. The fourth-order valence-electron chi connectivity index (χ4n) is 2.88. The van der Waals surface area contributed by atoms with Crippen molar-refractivity contribution in [3.8, 4) is 0 Å². The Labute approximate surface area is 125 Å². The van der Waals surface area contributed by atoms with E-state index in [1.807, 2.05) is 11.8 Å². The zero-order valence-corrected chi connectivity index (χ0v) is 12.7. The molecule has 1 aliphatic carbocycles. The second kappa shape index (κ2) is 6.51. The van der Waals surface area contributed by atoms with E-state index in [9.17, 15) is 0 Å². The predicted octanol–water partition coefficient (Wildman–Crippen LogP) is 3.67. The molecule has 0 saturated carbocycles. The molecule has 1 fully saturated rings. The van der Waals surface area contributed by atoms with Crippen molar-refractivity contribution in [3.05, 3.63) is 58.7 Å². The van der Waals surface area contributed by atoms with E-state index in [2.05, 4.69) is 47.4 Å². The summed E-state index contributed by atoms with van der Waals surface area (Å²) in [4.78, 5) is 4.10. The SMILES string of the molecule is COC1=CC=C2SCCN(Cc3ccccc3)CC2C1. The number of thioether (sulfide) groups is 1. The van der Waals surface area contributed by atoms with Gasteiger partial charge in [-0.1, -0.05) is 30.3 Å². The summed E-state index contributed by atoms with van der Waals surface area (Å²) in [5.74, 6) is 2.90. The van der Waals surface area contributed by atoms with E-state index in [1.165, 1.54) is 16.2 Å². The maximum Gasteiger partial charge on any atom is 0.0962 e. The van der Waals surface area contributed by atoms with Gasteiger partial charge in [0.1, 0.15) is 0 Å². The van der Waals surface area contributed by atoms with Crippen LogP contribution < -0.4 is 0 Å². The van der Waals surface area contributed by atoms with Crippen molar-refractivity contribution in [2.45, 2.75) is 13.0 Å². The lowest BCUT2D eigenvalue weighted by Crippen LogP contribution is -2.30. The highest BCUT2D eigenvalue weighted by Crippen LogP contribution is 2.36. The van der Waals surface area contributed by atoms with Crippen LogP contribution in [-0.4, -0.2) is 30.9 Å². The van der Waals surface area contributed by atoms with E-state index in [-0.39, 0.29) is 0 Å². The molecule has 0 amide bonds. The van der Waals surface area contributed by atoms with E-state index in [0.29, 0.717) is 5.92 Å². The number of rotatable bonds is 3. The number of hydrogen-bond acceptors (Lipinski definition) is 3. The molecule has 0 spiro atoms. The molecule has 0 aromatic heterocycles. The Balaban J connectivity index is 1.68. The number of fused-ring (bicyclic) bond motifs is 1. The molecule has 1 saturated heterocycles. The first-order chi connectivity index (χ1) is 9.85. The van der Waals surface area contributed by atoms with E-state index in [4.69, 9.17) is 4.74 Å². The minimum atomic E-state index is 0.603. The Bertz CT molecular complexity index is 509. The van der Waals surface area contributed by atoms with Gasteiger partial charge in [0.15, 0.2) is 0 Å². The molecule has 1 aliphatic heterocycles. The first kappa shape index (κ1) is 13.8. The number of ether oxygens (including phenoxy) is 1. The quantitative estimate of drug-likeness (QED) is 0.841. The lowest BCUT2D eigenvalue weighted by Gasteiger charge is -2.26. The third-order valence-electron chi connectivity index (χ3n) is 3.95. The van der Waals surface area contributed by atoms with Crippen LogP contribution in [0.5, 0.6) is 0 Å². The monoisotopic (exact) mass is 287 g/mol. The van der Waals surface area contributed by atoms with Gasteiger partial charge in [-0.2, -0.15) is 0 Å². The average Bonchev–Trinajstić information content (AvgIpc) is 2.69. The lowest BCUT2D eigenvalue weighted by molar-refractivity contribution is 0.223. The first-order valence-corrected chi connectivity index (χ1v) is 8.17. The number of hydrogen-bond donors (Lipinski definition) is 0. The average molecular weight is 287 g/mol. The van der Waals surface area contributed by atoms with Crippen molar-refractivity contribution in [1.29, 1.82) is 0 Å². The van der Waals surface area contributed by atoms with Crippen molar-refractivity contribution in [3.63, 3.8) is 0 Å². The summed E-state index contributed by atoms with van der Waals surface area (Å²) >= 11 is 2.01. The van der Waals surface area contributed by atoms with E-state index in [0.717, 1.165) is 31.8 Å². The third-order valence-corrected chi connectivity index (χ3v) is 5.14. The van der Waals surface area contributed by atoms with Gasteiger partial charge in [0.05, 0.1) is 12.9 Å². The fourth-order valence-corrected chi connectivity index (χ4v) is 4.02. The van der Waals surface area contributed by atoms with Gasteiger partial charge >= 0.3 is 0 Å². The fraction of sp³-hybridized carbons (Fsp3) is 0.412. The van der Waals surface area contributed by atoms with Crippen molar-refractivity contribution >= 4 is 11.8 Å². The molecule has 20 heavy (non-hydrogen) atoms. The smallest absolute Gasteiger partial charge is 0.0962 e. The highest BCUT2D eigenvalue weighted by Gasteiger charge is 2.25. The van der Waals surface area contributed by atoms with Gasteiger partial charge in [-0.3, -0.25) is 4.90 Å². The molecule has 1 aromatic rings. The Morgan fingerprint density at radius 2 is 2.10 bits per heavy atom. The van der Waals surface area contributed by atoms with Gasteiger partial charge < -0.3 is 4.74 Å². The molecule has 1 aromatic carbocycles. The van der Waals surface area contributed by atoms with Gasteiger partial charge in [-0.05, 0) is 22.6 Å². The molecular weight excluding hydrogens is 266 g/mol. The van der Waals surface area contributed by atoms with Crippen LogP contribution >= 0.6 is 11.8 Å². The third kappa shape index (κ3) is 3.28. The Morgan fingerprint density at radius 1 is 1.25 bits per heavy atom. The molecular formula is C17H21NOS. The standard InChI is InChI=1S/C17H21NOS/c1-19-16-7-8-17-15(11-16)13-18(9-10-20-17)12-14-5-3-2-4-6-14/h2-8,15H,9-13H2,1H3. The molecule has 2 aliphatic rings. The number of methoxy groups -OCH3 is 1. The van der Waals surface area contributed by atoms with Gasteiger partial charge in [0.25, 0.3) is 0 Å². The van der Waals surface area contributed by atoms with Crippen molar-refractivity contribution in [2.24, 2.45) is 5.92 Å². The van der Waals surface area contributed by atoms with E-state index >= 15 is 0 Å². The second-order valence-electron chi connectivity index (χ2n) is 5.38. The molecule has 1 unspecified atom stereocenters. The topological polar surface area (TPSA) is 12.5 Å². The molecule has 0 bridgehead atoms. The maximum absolute atomic E-state index is 5.42. The van der Waals surface area contributed by atoms with Crippen LogP contribution in [0.4, 0.5) is 0 Å². The summed E-state index contributed by atoms with van der Waals surface area (Å²) in [7, 11) is 1.77. The molecule has 2 nitrogen and oxygen atoms in total. The van der Waals surface area contributed by atoms with Crippen LogP contribution in [-0.2, 0) is 11.3 Å². The highest BCUT2D eigenvalue weighted by molar-refractivity contribution is 8.03. The largest absolute Gasteiger partial charge is 0.501 e. The zero-order chi connectivity index (χ0) is 13.8. The lowest BCUT2D eigenvalue weighted by atomic mass is 9.98. The molecule has 3 heteroatoms. The second-order valence-corrected chi connectivity index (χ2v) is 6.54. The Morgan fingerprint density at radius 3 is 2.90 bits per heavy atom. The maximum atomic E-state index is 5.42. The van der Waals surface area contributed by atoms with Crippen LogP contribution in [0.25, 0.3) is 0 Å². The molecule has 0 N–H and O–H groups in total. The first-order valence-electron chi connectivity index (χ1n) is 7.19. The summed E-state index contributed by atoms with van der Waals surface area (Å²) in [6.45, 7) is 3.35. The van der Waals surface area contributed by atoms with Crippen LogP contribution in [0.15, 0.2) is 53.1 Å². The number of benzene rings is 1. The van der Waals surface area contributed by atoms with Crippen LogP contribution in [0, 0.1) is 5.92 Å². The molecule has 1 heterocycles. The van der Waals surface area contributed by atoms with Gasteiger partial charge in [0, 0.05) is 37.7 Å². The minimum absolute atomic E-state index is 0.603. The van der Waals surface area contributed by atoms with E-state index in [1.54, 1.807) is 7.11 Å². The Hall–Kier alpha value is -1.19. The van der Waals surface area contributed by atoms with Crippen LogP contribution in [0.2, 0.25) is 0 Å². The Kier molecular flexibility index (Phi) is 4.48. The predicted molar refractivity (Wildman–Crippen MR) is 85.5 cm³/mol. The summed E-state index contributed by atoms with van der Waals surface area (Å²) in [5.41, 5.74) is 1.41. The number of allylic oxidation sites excluding steroid dienone is 3. The van der Waals surface area contributed by atoms with E-state index < -0.39 is 0 Å². The van der Waals surface area contributed by atoms with Crippen molar-refractivity contribution in [1.82, 2.24) is 4.90 Å². The summed E-state index contributed by atoms with van der Waals surface area (Å²) < 4.78 is 5.42. The summed E-state index contributed by atoms with van der Waals surface area (Å²) in [6, 6.07) is 10.8. The molecule has 106 valence electrons. The summed E-state index contributed by atoms with van der Waals surface area (Å²) in [5, 5.41) is 0. The highest BCUT2D eigenvalue weighted by atomic mass is 32.2. The van der Waals surface area contributed by atoms with Crippen molar-refractivity contribution in [2.75, 3.05) is 26.0 Å².